The minimum absolute atomic E-state index is 0.941. The number of carbonyl (C=O) groups excluding carboxylic acids is 1. The Morgan fingerprint density at radius 2 is 1.56 bits per heavy atom. The van der Waals surface area contributed by atoms with Crippen LogP contribution in [-0.4, -0.2) is 43.0 Å². The number of rotatable bonds is 5. The highest BCUT2D eigenvalue weighted by Crippen LogP contribution is 2.31. The van der Waals surface area contributed by atoms with E-state index in [9.17, 15) is 44.3 Å². The van der Waals surface area contributed by atoms with Gasteiger partial charge in [0.05, 0.1) is 0 Å². The standard InChI is InChI=1S/C7H4F9NO/c8-2-5(10,11)17-1-3(9)6(12,13)4(18)7(14,15)16/h1,3H,2H2. The van der Waals surface area contributed by atoms with Gasteiger partial charge in [-0.15, -0.1) is 0 Å². The molecule has 0 amide bonds. The van der Waals surface area contributed by atoms with Crippen LogP contribution in [0.1, 0.15) is 0 Å². The van der Waals surface area contributed by atoms with Gasteiger partial charge in [0.2, 0.25) is 6.17 Å². The Morgan fingerprint density at radius 3 is 1.89 bits per heavy atom. The molecule has 11 heteroatoms. The molecule has 0 heterocycles. The number of Topliss-reactive ketones (excluding diaryl/α,β-unsaturated/α-hetero) is 1. The number of alkyl halides is 9. The Hall–Kier alpha value is -1.29. The van der Waals surface area contributed by atoms with E-state index in [-0.39, 0.29) is 0 Å². The summed E-state index contributed by atoms with van der Waals surface area (Å²) in [5.41, 5.74) is 0. The SMILES string of the molecule is O=C(C(F)(F)F)C(F)(F)C(F)C=NC(F)(F)CF. The molecular formula is C7H4F9NO. The molecule has 0 aromatic heterocycles. The molecule has 0 radical (unpaired) electrons. The highest BCUT2D eigenvalue weighted by molar-refractivity contribution is 5.94. The number of hydrogen-bond donors (Lipinski definition) is 0. The van der Waals surface area contributed by atoms with E-state index in [1.54, 1.807) is 4.99 Å². The van der Waals surface area contributed by atoms with Gasteiger partial charge in [-0.3, -0.25) is 4.79 Å². The lowest BCUT2D eigenvalue weighted by Crippen LogP contribution is -2.47. The fourth-order valence-electron chi connectivity index (χ4n) is 0.617. The predicted molar refractivity (Wildman–Crippen MR) is 40.3 cm³/mol. The van der Waals surface area contributed by atoms with Crippen LogP contribution in [0, 0.1) is 0 Å². The fourth-order valence-corrected chi connectivity index (χ4v) is 0.617. The van der Waals surface area contributed by atoms with E-state index in [1.807, 2.05) is 0 Å². The number of halogens is 9. The van der Waals surface area contributed by atoms with E-state index in [2.05, 4.69) is 0 Å². The van der Waals surface area contributed by atoms with Crippen LogP contribution in [0.3, 0.4) is 0 Å². The first-order chi connectivity index (χ1) is 7.84. The monoisotopic (exact) mass is 289 g/mol. The number of hydrogen-bond acceptors (Lipinski definition) is 2. The quantitative estimate of drug-likeness (QED) is 0.435. The Labute approximate surface area is 93.5 Å². The maximum atomic E-state index is 12.6. The maximum absolute atomic E-state index is 12.6. The Kier molecular flexibility index (Phi) is 4.77. The van der Waals surface area contributed by atoms with E-state index in [4.69, 9.17) is 0 Å². The summed E-state index contributed by atoms with van der Waals surface area (Å²) in [6, 6.07) is -4.55. The second-order valence-electron chi connectivity index (χ2n) is 2.93. The summed E-state index contributed by atoms with van der Waals surface area (Å²) in [6.45, 7) is -2.46. The van der Waals surface area contributed by atoms with Gasteiger partial charge >= 0.3 is 23.9 Å². The van der Waals surface area contributed by atoms with Crippen LogP contribution < -0.4 is 0 Å². The van der Waals surface area contributed by atoms with Crippen molar-refractivity contribution in [1.29, 1.82) is 0 Å². The Bertz CT molecular complexity index is 334. The topological polar surface area (TPSA) is 29.4 Å². The Morgan fingerprint density at radius 1 is 1.11 bits per heavy atom. The van der Waals surface area contributed by atoms with E-state index in [0.717, 1.165) is 0 Å². The molecule has 18 heavy (non-hydrogen) atoms. The summed E-state index contributed by atoms with van der Waals surface area (Å²) in [7, 11) is 0. The number of aliphatic imine (C=N–C) groups is 1. The summed E-state index contributed by atoms with van der Waals surface area (Å²) < 4.78 is 108. The molecule has 0 saturated heterocycles. The van der Waals surface area contributed by atoms with E-state index in [1.165, 1.54) is 0 Å². The zero-order chi connectivity index (χ0) is 14.8. The van der Waals surface area contributed by atoms with Gasteiger partial charge in [-0.25, -0.2) is 13.8 Å². The van der Waals surface area contributed by atoms with Crippen molar-refractivity contribution < 1.29 is 44.3 Å². The first-order valence-electron chi connectivity index (χ1n) is 3.97. The van der Waals surface area contributed by atoms with Crippen molar-refractivity contribution in [1.82, 2.24) is 0 Å². The fraction of sp³-hybridized carbons (Fsp3) is 0.714. The molecule has 1 atom stereocenters. The van der Waals surface area contributed by atoms with Crippen molar-refractivity contribution in [2.45, 2.75) is 24.3 Å². The maximum Gasteiger partial charge on any atom is 0.456 e. The van der Waals surface area contributed by atoms with Crippen LogP contribution in [0.2, 0.25) is 0 Å². The van der Waals surface area contributed by atoms with Gasteiger partial charge in [-0.05, 0) is 0 Å². The van der Waals surface area contributed by atoms with Gasteiger partial charge in [-0.1, -0.05) is 0 Å². The summed E-state index contributed by atoms with van der Waals surface area (Å²) in [5, 5.41) is 0. The minimum Gasteiger partial charge on any atom is -0.283 e. The van der Waals surface area contributed by atoms with Crippen LogP contribution in [-0.2, 0) is 4.79 Å². The normalized spacial score (nSPS) is 16.1. The second-order valence-corrected chi connectivity index (χ2v) is 2.93. The average molecular weight is 289 g/mol. The van der Waals surface area contributed by atoms with Gasteiger partial charge in [0.1, 0.15) is 0 Å². The molecule has 0 aromatic carbocycles. The molecule has 2 nitrogen and oxygen atoms in total. The summed E-state index contributed by atoms with van der Waals surface area (Å²) in [6.07, 6.45) is -11.0. The molecule has 0 aromatic rings. The minimum atomic E-state index is -6.05. The molecular weight excluding hydrogens is 285 g/mol. The first-order valence-corrected chi connectivity index (χ1v) is 3.97. The van der Waals surface area contributed by atoms with Gasteiger partial charge < -0.3 is 0 Å². The molecule has 0 N–H and O–H groups in total. The van der Waals surface area contributed by atoms with Crippen LogP contribution >= 0.6 is 0 Å². The van der Waals surface area contributed by atoms with Crippen LogP contribution in [0.4, 0.5) is 39.5 Å². The third kappa shape index (κ3) is 4.18. The van der Waals surface area contributed by atoms with E-state index in [0.29, 0.717) is 0 Å². The summed E-state index contributed by atoms with van der Waals surface area (Å²) >= 11 is 0. The van der Waals surface area contributed by atoms with Crippen LogP contribution in [0.5, 0.6) is 0 Å². The highest BCUT2D eigenvalue weighted by atomic mass is 19.4. The average Bonchev–Trinajstić information content (AvgIpc) is 2.23. The molecule has 106 valence electrons. The number of carbonyl (C=O) groups is 1. The zero-order valence-electron chi connectivity index (χ0n) is 8.12. The van der Waals surface area contributed by atoms with Crippen molar-refractivity contribution in [3.05, 3.63) is 0 Å². The third-order valence-electron chi connectivity index (χ3n) is 1.46. The van der Waals surface area contributed by atoms with E-state index >= 15 is 0 Å². The van der Waals surface area contributed by atoms with Crippen molar-refractivity contribution in [3.63, 3.8) is 0 Å². The van der Waals surface area contributed by atoms with Gasteiger partial charge in [0.15, 0.2) is 6.67 Å². The second kappa shape index (κ2) is 5.14. The largest absolute Gasteiger partial charge is 0.456 e. The van der Waals surface area contributed by atoms with Crippen LogP contribution in [0.15, 0.2) is 4.99 Å². The predicted octanol–water partition coefficient (Wildman–Crippen LogP) is 2.72. The van der Waals surface area contributed by atoms with Crippen molar-refractivity contribution in [2.24, 2.45) is 4.99 Å². The molecule has 0 aliphatic heterocycles. The molecule has 0 rings (SSSR count). The molecule has 0 saturated carbocycles. The third-order valence-corrected chi connectivity index (χ3v) is 1.46. The lowest BCUT2D eigenvalue weighted by atomic mass is 10.1. The lowest BCUT2D eigenvalue weighted by Gasteiger charge is -2.18. The van der Waals surface area contributed by atoms with Crippen molar-refractivity contribution >= 4 is 12.0 Å². The first kappa shape index (κ1) is 16.7. The number of ketones is 1. The molecule has 0 aliphatic rings. The van der Waals surface area contributed by atoms with Crippen molar-refractivity contribution in [3.8, 4) is 0 Å². The van der Waals surface area contributed by atoms with Crippen molar-refractivity contribution in [2.75, 3.05) is 6.67 Å². The zero-order valence-corrected chi connectivity index (χ0v) is 8.12. The van der Waals surface area contributed by atoms with E-state index < -0.39 is 43.0 Å². The van der Waals surface area contributed by atoms with Gasteiger partial charge in [0.25, 0.3) is 0 Å². The molecule has 0 aliphatic carbocycles. The molecule has 0 bridgehead atoms. The molecule has 1 unspecified atom stereocenters. The Balaban J connectivity index is 4.99. The summed E-state index contributed by atoms with van der Waals surface area (Å²) in [4.78, 5) is 11.8. The van der Waals surface area contributed by atoms with Gasteiger partial charge in [-0.2, -0.15) is 30.7 Å². The van der Waals surface area contributed by atoms with Crippen LogP contribution in [0.25, 0.3) is 0 Å². The smallest absolute Gasteiger partial charge is 0.283 e. The van der Waals surface area contributed by atoms with Gasteiger partial charge in [0, 0.05) is 6.21 Å². The number of nitrogens with zero attached hydrogens (tertiary/aromatic N) is 1. The molecule has 0 spiro atoms. The highest BCUT2D eigenvalue weighted by Gasteiger charge is 2.59. The molecule has 0 fully saturated rings. The lowest BCUT2D eigenvalue weighted by molar-refractivity contribution is -0.199. The summed E-state index contributed by atoms with van der Waals surface area (Å²) in [5.74, 6) is -9.37.